The molecule has 0 bridgehead atoms. The Morgan fingerprint density at radius 3 is 2.19 bits per heavy atom. The molecular formula is C27H52O5. The van der Waals surface area contributed by atoms with E-state index in [2.05, 4.69) is 6.92 Å². The third-order valence-electron chi connectivity index (χ3n) is 8.60. The van der Waals surface area contributed by atoms with E-state index in [0.717, 1.165) is 51.4 Å². The highest BCUT2D eigenvalue weighted by Crippen LogP contribution is 2.59. The molecule has 0 radical (unpaired) electrons. The molecule has 2 aliphatic rings. The minimum absolute atomic E-state index is 0.161. The van der Waals surface area contributed by atoms with Crippen LogP contribution in [0.2, 0.25) is 0 Å². The van der Waals surface area contributed by atoms with Crippen LogP contribution in [-0.4, -0.2) is 51.6 Å². The van der Waals surface area contributed by atoms with E-state index in [1.807, 2.05) is 41.5 Å². The molecule has 0 aromatic rings. The molecule has 32 heavy (non-hydrogen) atoms. The quantitative estimate of drug-likeness (QED) is 0.341. The van der Waals surface area contributed by atoms with Gasteiger partial charge in [-0.25, -0.2) is 0 Å². The number of hydrogen-bond acceptors (Lipinski definition) is 5. The molecule has 2 rings (SSSR count). The zero-order chi connectivity index (χ0) is 24.4. The van der Waals surface area contributed by atoms with Crippen molar-refractivity contribution in [3.05, 3.63) is 0 Å². The summed E-state index contributed by atoms with van der Waals surface area (Å²) in [7, 11) is 1.63. The lowest BCUT2D eigenvalue weighted by Crippen LogP contribution is -2.45. The summed E-state index contributed by atoms with van der Waals surface area (Å²) in [4.78, 5) is 0. The molecule has 0 aromatic heterocycles. The summed E-state index contributed by atoms with van der Waals surface area (Å²) in [5.74, 6) is 0.726. The maximum atomic E-state index is 10.8. The molecule has 0 aliphatic heterocycles. The van der Waals surface area contributed by atoms with E-state index in [9.17, 15) is 15.3 Å². The number of fused-ring (bicyclic) bond motifs is 1. The molecule has 2 aliphatic carbocycles. The topological polar surface area (TPSA) is 79.2 Å². The molecule has 2 fully saturated rings. The Balaban J connectivity index is 2.17. The predicted molar refractivity (Wildman–Crippen MR) is 129 cm³/mol. The molecular weight excluding hydrogens is 404 g/mol. The van der Waals surface area contributed by atoms with Gasteiger partial charge in [-0.2, -0.15) is 0 Å². The molecule has 0 saturated heterocycles. The predicted octanol–water partition coefficient (Wildman–Crippen LogP) is 5.44. The second-order valence-electron chi connectivity index (χ2n) is 12.7. The van der Waals surface area contributed by atoms with Crippen molar-refractivity contribution in [2.75, 3.05) is 7.11 Å². The lowest BCUT2D eigenvalue weighted by atomic mass is 9.60. The fraction of sp³-hybridized carbons (Fsp3) is 1.00. The van der Waals surface area contributed by atoms with Gasteiger partial charge in [0.25, 0.3) is 0 Å². The zero-order valence-corrected chi connectivity index (χ0v) is 22.1. The van der Waals surface area contributed by atoms with E-state index >= 15 is 0 Å². The summed E-state index contributed by atoms with van der Waals surface area (Å²) >= 11 is 0. The van der Waals surface area contributed by atoms with Gasteiger partial charge in [-0.15, -0.1) is 0 Å². The van der Waals surface area contributed by atoms with Crippen molar-refractivity contribution in [3.63, 3.8) is 0 Å². The van der Waals surface area contributed by atoms with Gasteiger partial charge in [0.2, 0.25) is 0 Å². The van der Waals surface area contributed by atoms with Crippen molar-refractivity contribution in [2.45, 2.75) is 142 Å². The van der Waals surface area contributed by atoms with Gasteiger partial charge < -0.3 is 24.8 Å². The van der Waals surface area contributed by atoms with Gasteiger partial charge in [-0.1, -0.05) is 26.2 Å². The summed E-state index contributed by atoms with van der Waals surface area (Å²) in [6.45, 7) is 13.6. The number of hydrogen-bond donors (Lipinski definition) is 3. The molecule has 0 spiro atoms. The standard InChI is InChI=1S/C27H52O5/c1-24(2,29)17-9-11-19(13-16-23(25(3,4)30)32-26(5,6)31-8)20-14-15-21-22(28)12-10-18-27(20,21)7/h19-23,28-30H,9-18H2,1-8H3/t19-,20-,21+,22+,23-,27-/m1/s1. The van der Waals surface area contributed by atoms with Gasteiger partial charge in [0, 0.05) is 7.11 Å². The zero-order valence-electron chi connectivity index (χ0n) is 22.1. The van der Waals surface area contributed by atoms with Crippen molar-refractivity contribution in [3.8, 4) is 0 Å². The van der Waals surface area contributed by atoms with E-state index in [0.29, 0.717) is 17.8 Å². The lowest BCUT2D eigenvalue weighted by molar-refractivity contribution is -0.255. The smallest absolute Gasteiger partial charge is 0.162 e. The Morgan fingerprint density at radius 2 is 1.62 bits per heavy atom. The normalized spacial score (nSPS) is 31.4. The van der Waals surface area contributed by atoms with Gasteiger partial charge in [0.1, 0.15) is 0 Å². The van der Waals surface area contributed by atoms with Gasteiger partial charge in [-0.3, -0.25) is 0 Å². The summed E-state index contributed by atoms with van der Waals surface area (Å²) in [6.07, 6.45) is 9.65. The Bertz CT molecular complexity index is 576. The Labute approximate surface area is 197 Å². The van der Waals surface area contributed by atoms with E-state index < -0.39 is 17.0 Å². The highest BCUT2D eigenvalue weighted by molar-refractivity contribution is 5.02. The third-order valence-corrected chi connectivity index (χ3v) is 8.60. The van der Waals surface area contributed by atoms with Crippen LogP contribution in [0.4, 0.5) is 0 Å². The van der Waals surface area contributed by atoms with Crippen molar-refractivity contribution in [2.24, 2.45) is 23.2 Å². The van der Waals surface area contributed by atoms with E-state index in [1.54, 1.807) is 7.11 Å². The SMILES string of the molecule is COC(C)(C)O[C@H](CC[C@@H](CCCC(C)(C)O)[C@H]1CC[C@H]2[C@@H](O)CCC[C@]12C)C(C)(C)O. The average Bonchev–Trinajstić information content (AvgIpc) is 3.00. The number of rotatable bonds is 12. The Morgan fingerprint density at radius 1 is 0.969 bits per heavy atom. The van der Waals surface area contributed by atoms with Crippen LogP contribution in [0, 0.1) is 23.2 Å². The second-order valence-corrected chi connectivity index (χ2v) is 12.7. The van der Waals surface area contributed by atoms with Crippen LogP contribution in [0.1, 0.15) is 113 Å². The van der Waals surface area contributed by atoms with Crippen LogP contribution in [0.5, 0.6) is 0 Å². The molecule has 0 unspecified atom stereocenters. The van der Waals surface area contributed by atoms with Gasteiger partial charge in [0.15, 0.2) is 5.79 Å². The Hall–Kier alpha value is -0.200. The van der Waals surface area contributed by atoms with E-state index in [-0.39, 0.29) is 17.6 Å². The van der Waals surface area contributed by atoms with Crippen LogP contribution < -0.4 is 0 Å². The molecule has 0 amide bonds. The highest BCUT2D eigenvalue weighted by atomic mass is 16.7. The van der Waals surface area contributed by atoms with Crippen LogP contribution in [0.15, 0.2) is 0 Å². The molecule has 6 atom stereocenters. The van der Waals surface area contributed by atoms with Crippen molar-refractivity contribution in [1.29, 1.82) is 0 Å². The number of aliphatic hydroxyl groups excluding tert-OH is 1. The molecule has 0 heterocycles. The maximum Gasteiger partial charge on any atom is 0.162 e. The first-order valence-electron chi connectivity index (χ1n) is 12.9. The number of ether oxygens (including phenoxy) is 2. The fourth-order valence-corrected chi connectivity index (χ4v) is 6.62. The second kappa shape index (κ2) is 10.6. The van der Waals surface area contributed by atoms with Crippen LogP contribution >= 0.6 is 0 Å². The lowest BCUT2D eigenvalue weighted by Gasteiger charge is -2.46. The highest BCUT2D eigenvalue weighted by Gasteiger charge is 2.52. The van der Waals surface area contributed by atoms with E-state index in [4.69, 9.17) is 9.47 Å². The minimum Gasteiger partial charge on any atom is -0.393 e. The maximum absolute atomic E-state index is 10.8. The average molecular weight is 457 g/mol. The van der Waals surface area contributed by atoms with E-state index in [1.165, 1.54) is 12.8 Å². The summed E-state index contributed by atoms with van der Waals surface area (Å²) in [5.41, 5.74) is -1.42. The molecule has 0 aromatic carbocycles. The first-order chi connectivity index (χ1) is 14.6. The summed E-state index contributed by atoms with van der Waals surface area (Å²) in [5, 5.41) is 31.8. The number of methoxy groups -OCH3 is 1. The largest absolute Gasteiger partial charge is 0.393 e. The fourth-order valence-electron chi connectivity index (χ4n) is 6.62. The molecule has 5 nitrogen and oxygen atoms in total. The molecule has 190 valence electrons. The van der Waals surface area contributed by atoms with Crippen molar-refractivity contribution >= 4 is 0 Å². The first-order valence-corrected chi connectivity index (χ1v) is 12.9. The molecule has 3 N–H and O–H groups in total. The third kappa shape index (κ3) is 7.40. The van der Waals surface area contributed by atoms with Crippen LogP contribution in [0.25, 0.3) is 0 Å². The van der Waals surface area contributed by atoms with Crippen LogP contribution in [0.3, 0.4) is 0 Å². The van der Waals surface area contributed by atoms with Crippen molar-refractivity contribution < 1.29 is 24.8 Å². The Kier molecular flexibility index (Phi) is 9.29. The van der Waals surface area contributed by atoms with Crippen molar-refractivity contribution in [1.82, 2.24) is 0 Å². The van der Waals surface area contributed by atoms with Gasteiger partial charge in [-0.05, 0) is 110 Å². The van der Waals surface area contributed by atoms with Crippen LogP contribution in [-0.2, 0) is 9.47 Å². The number of aliphatic hydroxyl groups is 3. The first kappa shape index (κ1) is 28.0. The van der Waals surface area contributed by atoms with Gasteiger partial charge in [0.05, 0.1) is 23.4 Å². The monoisotopic (exact) mass is 456 g/mol. The molecule has 5 heteroatoms. The summed E-state index contributed by atoms with van der Waals surface area (Å²) in [6, 6.07) is 0. The summed E-state index contributed by atoms with van der Waals surface area (Å²) < 4.78 is 11.7. The minimum atomic E-state index is -0.962. The van der Waals surface area contributed by atoms with Gasteiger partial charge >= 0.3 is 0 Å². The molecule has 2 saturated carbocycles.